The molecule has 0 saturated carbocycles. The van der Waals surface area contributed by atoms with Gasteiger partial charge >= 0.3 is 0 Å². The molecule has 98 valence electrons. The van der Waals surface area contributed by atoms with Crippen LogP contribution in [0.15, 0.2) is 0 Å². The van der Waals surface area contributed by atoms with Crippen molar-refractivity contribution in [3.05, 3.63) is 0 Å². The molecule has 2 fully saturated rings. The molecule has 2 aliphatic rings. The predicted molar refractivity (Wildman–Crippen MR) is 64.0 cm³/mol. The molecule has 0 aromatic rings. The molecule has 2 rings (SSSR count). The van der Waals surface area contributed by atoms with Gasteiger partial charge in [-0.3, -0.25) is 4.79 Å². The number of nitrogens with zero attached hydrogens (tertiary/aromatic N) is 2. The number of hydrogen-bond acceptors (Lipinski definition) is 4. The number of sulfonamides is 1. The molecule has 0 aromatic carbocycles. The van der Waals surface area contributed by atoms with Crippen molar-refractivity contribution in [2.75, 3.05) is 45.5 Å². The van der Waals surface area contributed by atoms with E-state index in [4.69, 9.17) is 0 Å². The first-order valence-corrected chi connectivity index (χ1v) is 7.78. The quantitative estimate of drug-likeness (QED) is 0.671. The number of rotatable bonds is 2. The van der Waals surface area contributed by atoms with Gasteiger partial charge in [0, 0.05) is 32.7 Å². The van der Waals surface area contributed by atoms with Gasteiger partial charge in [-0.15, -0.1) is 0 Å². The fourth-order valence-electron chi connectivity index (χ4n) is 2.36. The zero-order valence-electron chi connectivity index (χ0n) is 10.1. The predicted octanol–water partition coefficient (Wildman–Crippen LogP) is -1.30. The molecule has 7 heteroatoms. The summed E-state index contributed by atoms with van der Waals surface area (Å²) in [4.78, 5) is 13.9. The molecule has 2 saturated heterocycles. The van der Waals surface area contributed by atoms with Gasteiger partial charge < -0.3 is 10.2 Å². The number of amides is 1. The molecular weight excluding hydrogens is 242 g/mol. The minimum absolute atomic E-state index is 0.0831. The summed E-state index contributed by atoms with van der Waals surface area (Å²) in [6.07, 6.45) is 2.11. The second kappa shape index (κ2) is 4.91. The van der Waals surface area contributed by atoms with Gasteiger partial charge in [-0.2, -0.15) is 4.31 Å². The molecule has 0 spiro atoms. The van der Waals surface area contributed by atoms with E-state index in [-0.39, 0.29) is 11.8 Å². The Kier molecular flexibility index (Phi) is 3.70. The Labute approximate surface area is 102 Å². The summed E-state index contributed by atoms with van der Waals surface area (Å²) in [5.41, 5.74) is 0. The topological polar surface area (TPSA) is 69.7 Å². The van der Waals surface area contributed by atoms with E-state index >= 15 is 0 Å². The van der Waals surface area contributed by atoms with E-state index < -0.39 is 10.0 Å². The minimum Gasteiger partial charge on any atom is -0.340 e. The van der Waals surface area contributed by atoms with Crippen LogP contribution < -0.4 is 5.32 Å². The summed E-state index contributed by atoms with van der Waals surface area (Å²) in [7, 11) is -3.11. The van der Waals surface area contributed by atoms with E-state index in [9.17, 15) is 13.2 Å². The maximum atomic E-state index is 12.1. The van der Waals surface area contributed by atoms with Gasteiger partial charge in [0.15, 0.2) is 0 Å². The van der Waals surface area contributed by atoms with Crippen LogP contribution in [0.1, 0.15) is 6.42 Å². The van der Waals surface area contributed by atoms with E-state index in [0.29, 0.717) is 26.2 Å². The van der Waals surface area contributed by atoms with Gasteiger partial charge in [-0.25, -0.2) is 8.42 Å². The highest BCUT2D eigenvalue weighted by Gasteiger charge is 2.31. The highest BCUT2D eigenvalue weighted by Crippen LogP contribution is 2.14. The number of carbonyl (C=O) groups excluding carboxylic acids is 1. The van der Waals surface area contributed by atoms with Gasteiger partial charge in [-0.1, -0.05) is 0 Å². The van der Waals surface area contributed by atoms with Crippen LogP contribution in [0.2, 0.25) is 0 Å². The third-order valence-corrected chi connectivity index (χ3v) is 4.73. The first kappa shape index (κ1) is 12.8. The molecule has 0 bridgehead atoms. The molecule has 0 aromatic heterocycles. The van der Waals surface area contributed by atoms with Crippen molar-refractivity contribution in [3.8, 4) is 0 Å². The van der Waals surface area contributed by atoms with Crippen LogP contribution in [0, 0.1) is 5.92 Å². The fourth-order valence-corrected chi connectivity index (χ4v) is 3.19. The Hall–Kier alpha value is -0.660. The number of piperazine rings is 1. The molecule has 1 atom stereocenters. The van der Waals surface area contributed by atoms with Crippen molar-refractivity contribution >= 4 is 15.9 Å². The van der Waals surface area contributed by atoms with Crippen LogP contribution in [0.3, 0.4) is 0 Å². The summed E-state index contributed by atoms with van der Waals surface area (Å²) in [6.45, 7) is 3.53. The third-order valence-electron chi connectivity index (χ3n) is 3.43. The standard InChI is InChI=1S/C10H19N3O3S/c1-17(15,16)13-6-4-12(5-7-13)10(14)9-2-3-11-8-9/h9,11H,2-8H2,1H3/t9-/m0/s1. The van der Waals surface area contributed by atoms with Crippen LogP contribution in [0.25, 0.3) is 0 Å². The summed E-state index contributed by atoms with van der Waals surface area (Å²) in [6, 6.07) is 0. The fraction of sp³-hybridized carbons (Fsp3) is 0.900. The van der Waals surface area contributed by atoms with Gasteiger partial charge in [-0.05, 0) is 13.0 Å². The van der Waals surface area contributed by atoms with Gasteiger partial charge in [0.2, 0.25) is 15.9 Å². The minimum atomic E-state index is -3.11. The van der Waals surface area contributed by atoms with Crippen molar-refractivity contribution in [2.24, 2.45) is 5.92 Å². The van der Waals surface area contributed by atoms with E-state index in [2.05, 4.69) is 5.32 Å². The lowest BCUT2D eigenvalue weighted by atomic mass is 10.1. The lowest BCUT2D eigenvalue weighted by Gasteiger charge is -2.34. The lowest BCUT2D eigenvalue weighted by Crippen LogP contribution is -2.51. The van der Waals surface area contributed by atoms with E-state index in [1.165, 1.54) is 10.6 Å². The van der Waals surface area contributed by atoms with Crippen molar-refractivity contribution in [1.82, 2.24) is 14.5 Å². The molecule has 0 aliphatic carbocycles. The molecule has 6 nitrogen and oxygen atoms in total. The number of hydrogen-bond donors (Lipinski definition) is 1. The van der Waals surface area contributed by atoms with E-state index in [1.54, 1.807) is 4.90 Å². The Balaban J connectivity index is 1.88. The highest BCUT2D eigenvalue weighted by molar-refractivity contribution is 7.88. The monoisotopic (exact) mass is 261 g/mol. The van der Waals surface area contributed by atoms with Crippen LogP contribution in [-0.4, -0.2) is 69.1 Å². The Morgan fingerprint density at radius 1 is 1.24 bits per heavy atom. The van der Waals surface area contributed by atoms with Gasteiger partial charge in [0.25, 0.3) is 0 Å². The second-order valence-electron chi connectivity index (χ2n) is 4.68. The first-order chi connectivity index (χ1) is 7.98. The molecule has 2 heterocycles. The molecule has 17 heavy (non-hydrogen) atoms. The third kappa shape index (κ3) is 2.97. The van der Waals surface area contributed by atoms with Gasteiger partial charge in [0.1, 0.15) is 0 Å². The number of nitrogens with one attached hydrogen (secondary N) is 1. The molecular formula is C10H19N3O3S. The van der Waals surface area contributed by atoms with Crippen LogP contribution in [-0.2, 0) is 14.8 Å². The molecule has 0 radical (unpaired) electrons. The molecule has 0 unspecified atom stereocenters. The van der Waals surface area contributed by atoms with E-state index in [0.717, 1.165) is 19.5 Å². The Morgan fingerprint density at radius 2 is 1.88 bits per heavy atom. The zero-order valence-corrected chi connectivity index (χ0v) is 10.9. The van der Waals surface area contributed by atoms with Crippen LogP contribution in [0.4, 0.5) is 0 Å². The SMILES string of the molecule is CS(=O)(=O)N1CCN(C(=O)[C@H]2CCNC2)CC1. The lowest BCUT2D eigenvalue weighted by molar-refractivity contribution is -0.136. The van der Waals surface area contributed by atoms with Crippen molar-refractivity contribution in [3.63, 3.8) is 0 Å². The summed E-state index contributed by atoms with van der Waals surface area (Å²) < 4.78 is 24.1. The summed E-state index contributed by atoms with van der Waals surface area (Å²) in [5, 5.41) is 3.17. The smallest absolute Gasteiger partial charge is 0.227 e. The van der Waals surface area contributed by atoms with Crippen LogP contribution in [0.5, 0.6) is 0 Å². The maximum Gasteiger partial charge on any atom is 0.227 e. The number of carbonyl (C=O) groups is 1. The molecule has 1 N–H and O–H groups in total. The zero-order chi connectivity index (χ0) is 12.5. The van der Waals surface area contributed by atoms with Crippen molar-refractivity contribution in [1.29, 1.82) is 0 Å². The first-order valence-electron chi connectivity index (χ1n) is 5.93. The average Bonchev–Trinajstić information content (AvgIpc) is 2.80. The maximum absolute atomic E-state index is 12.1. The van der Waals surface area contributed by atoms with Crippen molar-refractivity contribution in [2.45, 2.75) is 6.42 Å². The highest BCUT2D eigenvalue weighted by atomic mass is 32.2. The average molecular weight is 261 g/mol. The normalized spacial score (nSPS) is 27.4. The van der Waals surface area contributed by atoms with Crippen molar-refractivity contribution < 1.29 is 13.2 Å². The second-order valence-corrected chi connectivity index (χ2v) is 6.66. The van der Waals surface area contributed by atoms with Crippen LogP contribution >= 0.6 is 0 Å². The molecule has 2 aliphatic heterocycles. The summed E-state index contributed by atoms with van der Waals surface area (Å²) in [5.74, 6) is 0.253. The molecule has 1 amide bonds. The van der Waals surface area contributed by atoms with Gasteiger partial charge in [0.05, 0.1) is 12.2 Å². The Bertz CT molecular complexity index is 382. The Morgan fingerprint density at radius 3 is 2.35 bits per heavy atom. The largest absolute Gasteiger partial charge is 0.340 e. The van der Waals surface area contributed by atoms with E-state index in [1.807, 2.05) is 0 Å². The summed E-state index contributed by atoms with van der Waals surface area (Å²) >= 11 is 0.